The van der Waals surface area contributed by atoms with Crippen LogP contribution in [0, 0.1) is 17.1 Å². The summed E-state index contributed by atoms with van der Waals surface area (Å²) in [6.45, 7) is 2.20. The summed E-state index contributed by atoms with van der Waals surface area (Å²) in [5.74, 6) is 0.905. The third-order valence-corrected chi connectivity index (χ3v) is 4.86. The number of aromatic nitrogens is 3. The van der Waals surface area contributed by atoms with E-state index in [0.717, 1.165) is 30.7 Å². The number of imidazole rings is 1. The smallest absolute Gasteiger partial charge is 0.387 e. The lowest BCUT2D eigenvalue weighted by Crippen LogP contribution is -2.00. The van der Waals surface area contributed by atoms with Crippen molar-refractivity contribution in [2.75, 3.05) is 0 Å². The highest BCUT2D eigenvalue weighted by atomic mass is 19.3. The molecule has 1 aliphatic heterocycles. The third-order valence-electron chi connectivity index (χ3n) is 4.86. The summed E-state index contributed by atoms with van der Waals surface area (Å²) in [4.78, 5) is 8.49. The number of halogens is 3. The molecular weight excluding hydrogens is 429 g/mol. The lowest BCUT2D eigenvalue weighted by atomic mass is 10.1. The molecule has 4 aromatic rings. The molecule has 2 aromatic carbocycles. The summed E-state index contributed by atoms with van der Waals surface area (Å²) in [6, 6.07) is 16.6. The fourth-order valence-electron chi connectivity index (χ4n) is 3.47. The number of alkyl halides is 2. The van der Waals surface area contributed by atoms with E-state index in [1.54, 1.807) is 30.3 Å². The zero-order valence-corrected chi connectivity index (χ0v) is 18.3. The molecule has 0 aliphatic carbocycles. The molecule has 0 saturated heterocycles. The maximum atomic E-state index is 14.3. The van der Waals surface area contributed by atoms with E-state index in [1.807, 2.05) is 26.0 Å². The lowest BCUT2D eigenvalue weighted by molar-refractivity contribution is -0.0498. The van der Waals surface area contributed by atoms with E-state index in [0.29, 0.717) is 22.3 Å². The Morgan fingerprint density at radius 1 is 1.09 bits per heavy atom. The number of para-hydroxylation sites is 1. The first kappa shape index (κ1) is 23.8. The van der Waals surface area contributed by atoms with Crippen molar-refractivity contribution < 1.29 is 17.9 Å². The van der Waals surface area contributed by atoms with Gasteiger partial charge in [0.1, 0.15) is 29.2 Å². The van der Waals surface area contributed by atoms with E-state index in [4.69, 9.17) is 5.26 Å². The largest absolute Gasteiger partial charge is 0.435 e. The average molecular weight is 452 g/mol. The molecule has 2 aromatic heterocycles. The maximum Gasteiger partial charge on any atom is 0.387 e. The van der Waals surface area contributed by atoms with Crippen molar-refractivity contribution in [1.82, 2.24) is 14.5 Å². The minimum atomic E-state index is -2.73. The highest BCUT2D eigenvalue weighted by Gasteiger charge is 2.18. The average Bonchev–Trinajstić information content (AvgIpc) is 3.42. The summed E-state index contributed by atoms with van der Waals surface area (Å²) in [6.07, 6.45) is 3.57. The second-order valence-electron chi connectivity index (χ2n) is 6.84. The minimum absolute atomic E-state index is 0.192. The molecule has 0 atom stereocenters. The van der Waals surface area contributed by atoms with Crippen LogP contribution in [0.3, 0.4) is 0 Å². The van der Waals surface area contributed by atoms with Crippen LogP contribution in [0.5, 0.6) is 5.75 Å². The Morgan fingerprint density at radius 2 is 1.85 bits per heavy atom. The van der Waals surface area contributed by atoms with E-state index in [-0.39, 0.29) is 11.6 Å². The van der Waals surface area contributed by atoms with Gasteiger partial charge in [-0.3, -0.25) is 0 Å². The van der Waals surface area contributed by atoms with Crippen molar-refractivity contribution in [3.05, 3.63) is 78.1 Å². The number of aryl methyl sites for hydroxylation is 2. The van der Waals surface area contributed by atoms with Gasteiger partial charge in [0.25, 0.3) is 0 Å². The summed E-state index contributed by atoms with van der Waals surface area (Å²) in [7, 11) is 0. The van der Waals surface area contributed by atoms with Crippen molar-refractivity contribution in [3.8, 4) is 22.9 Å². The lowest BCUT2D eigenvalue weighted by Gasteiger charge is -2.05. The van der Waals surface area contributed by atoms with Crippen LogP contribution < -0.4 is 4.74 Å². The molecule has 1 aliphatic rings. The van der Waals surface area contributed by atoms with Gasteiger partial charge in [0.2, 0.25) is 0 Å². The number of fused-ring (bicyclic) bond motifs is 3. The number of rotatable bonds is 3. The van der Waals surface area contributed by atoms with Crippen LogP contribution in [-0.4, -0.2) is 21.1 Å². The SMILES string of the molecule is CC.FC(F)Oc1ccccc1.N#Cc1ccc(-c2cc3c(cc2F)nc2n3CCC2)cn1. The van der Waals surface area contributed by atoms with E-state index in [9.17, 15) is 13.2 Å². The molecule has 5 nitrogen and oxygen atoms in total. The minimum Gasteiger partial charge on any atom is -0.435 e. The van der Waals surface area contributed by atoms with Crippen molar-refractivity contribution >= 4 is 11.0 Å². The molecule has 170 valence electrons. The van der Waals surface area contributed by atoms with E-state index in [1.165, 1.54) is 24.4 Å². The predicted octanol–water partition coefficient (Wildman–Crippen LogP) is 6.37. The quantitative estimate of drug-likeness (QED) is 0.362. The van der Waals surface area contributed by atoms with Gasteiger partial charge in [-0.15, -0.1) is 0 Å². The monoisotopic (exact) mass is 452 g/mol. The van der Waals surface area contributed by atoms with Gasteiger partial charge in [0.05, 0.1) is 11.0 Å². The van der Waals surface area contributed by atoms with Crippen LogP contribution in [-0.2, 0) is 13.0 Å². The van der Waals surface area contributed by atoms with Crippen LogP contribution in [0.2, 0.25) is 0 Å². The molecule has 3 heterocycles. The molecule has 0 fully saturated rings. The number of pyridine rings is 1. The van der Waals surface area contributed by atoms with Crippen molar-refractivity contribution in [2.24, 2.45) is 0 Å². The Morgan fingerprint density at radius 3 is 2.48 bits per heavy atom. The Hall–Kier alpha value is -3.86. The Kier molecular flexibility index (Phi) is 8.03. The van der Waals surface area contributed by atoms with Crippen molar-refractivity contribution in [3.63, 3.8) is 0 Å². The molecule has 0 bridgehead atoms. The molecule has 5 rings (SSSR count). The topological polar surface area (TPSA) is 63.7 Å². The summed E-state index contributed by atoms with van der Waals surface area (Å²) in [5.41, 5.74) is 3.15. The van der Waals surface area contributed by atoms with Gasteiger partial charge < -0.3 is 9.30 Å². The van der Waals surface area contributed by atoms with Gasteiger partial charge >= 0.3 is 6.61 Å². The number of benzene rings is 2. The summed E-state index contributed by atoms with van der Waals surface area (Å²) in [5, 5.41) is 8.77. The molecule has 0 saturated carbocycles. The predicted molar refractivity (Wildman–Crippen MR) is 120 cm³/mol. The van der Waals surface area contributed by atoms with Crippen LogP contribution in [0.4, 0.5) is 13.2 Å². The fourth-order valence-corrected chi connectivity index (χ4v) is 3.47. The normalized spacial score (nSPS) is 11.7. The van der Waals surface area contributed by atoms with E-state index >= 15 is 0 Å². The number of nitriles is 1. The molecular formula is C25H23F3N4O. The van der Waals surface area contributed by atoms with Crippen LogP contribution in [0.1, 0.15) is 31.8 Å². The van der Waals surface area contributed by atoms with Gasteiger partial charge in [-0.25, -0.2) is 14.4 Å². The first-order chi connectivity index (χ1) is 16.0. The first-order valence-corrected chi connectivity index (χ1v) is 10.6. The van der Waals surface area contributed by atoms with Crippen molar-refractivity contribution in [2.45, 2.75) is 39.8 Å². The fraction of sp³-hybridized carbons (Fsp3) is 0.240. The number of nitrogens with zero attached hydrogens (tertiary/aromatic N) is 4. The van der Waals surface area contributed by atoms with Crippen LogP contribution >= 0.6 is 0 Å². The Balaban J connectivity index is 0.000000216. The van der Waals surface area contributed by atoms with E-state index < -0.39 is 6.61 Å². The van der Waals surface area contributed by atoms with Crippen LogP contribution in [0.25, 0.3) is 22.2 Å². The highest BCUT2D eigenvalue weighted by molar-refractivity contribution is 5.83. The van der Waals surface area contributed by atoms with Crippen molar-refractivity contribution in [1.29, 1.82) is 5.26 Å². The molecule has 0 radical (unpaired) electrons. The molecule has 0 spiro atoms. The number of hydrogen-bond donors (Lipinski definition) is 0. The standard InChI is InChI=1S/C16H11FN4.C7H6F2O.C2H6/c17-13-7-14-15(21-5-1-2-16(21)20-14)6-12(13)10-3-4-11(8-18)19-9-10;8-7(9)10-6-4-2-1-3-5-6;1-2/h3-4,6-7,9H,1-2,5H2;1-5,7H;1-2H3. The zero-order chi connectivity index (χ0) is 23.8. The summed E-state index contributed by atoms with van der Waals surface area (Å²) < 4.78 is 43.5. The zero-order valence-electron chi connectivity index (χ0n) is 18.3. The summed E-state index contributed by atoms with van der Waals surface area (Å²) >= 11 is 0. The molecule has 0 amide bonds. The first-order valence-electron chi connectivity index (χ1n) is 10.6. The van der Waals surface area contributed by atoms with Gasteiger partial charge in [-0.2, -0.15) is 14.0 Å². The third kappa shape index (κ3) is 5.69. The maximum absolute atomic E-state index is 14.3. The second-order valence-corrected chi connectivity index (χ2v) is 6.84. The molecule has 0 N–H and O–H groups in total. The molecule has 8 heteroatoms. The van der Waals surface area contributed by atoms with Gasteiger partial charge in [0, 0.05) is 36.4 Å². The Bertz CT molecular complexity index is 1230. The molecule has 33 heavy (non-hydrogen) atoms. The van der Waals surface area contributed by atoms with E-state index in [2.05, 4.69) is 19.3 Å². The Labute approximate surface area is 190 Å². The van der Waals surface area contributed by atoms with Gasteiger partial charge in [0.15, 0.2) is 0 Å². The van der Waals surface area contributed by atoms with Gasteiger partial charge in [-0.05, 0) is 36.8 Å². The number of ether oxygens (including phenoxy) is 1. The number of hydrogen-bond acceptors (Lipinski definition) is 4. The van der Waals surface area contributed by atoms with Gasteiger partial charge in [-0.1, -0.05) is 32.0 Å². The highest BCUT2D eigenvalue weighted by Crippen LogP contribution is 2.30. The second kappa shape index (κ2) is 11.1. The molecule has 0 unspecified atom stereocenters. The van der Waals surface area contributed by atoms with Crippen LogP contribution in [0.15, 0.2) is 60.8 Å².